The molecule has 0 amide bonds. The molecule has 41 heavy (non-hydrogen) atoms. The number of pyridine rings is 1. The minimum Gasteiger partial charge on any atom is -0.310 e. The van der Waals surface area contributed by atoms with E-state index in [1.165, 1.54) is 21.8 Å². The molecule has 194 valence electrons. The number of anilines is 3. The molecule has 0 aliphatic carbocycles. The molecule has 3 heterocycles. The van der Waals surface area contributed by atoms with Gasteiger partial charge >= 0.3 is 0 Å². The van der Waals surface area contributed by atoms with E-state index in [1.807, 2.05) is 18.3 Å². The molecule has 8 rings (SSSR count). The molecule has 3 aromatic heterocycles. The number of hydrogen-bond acceptors (Lipinski definition) is 4. The van der Waals surface area contributed by atoms with Crippen molar-refractivity contribution in [2.45, 2.75) is 0 Å². The molecule has 5 heteroatoms. The summed E-state index contributed by atoms with van der Waals surface area (Å²) in [7, 11) is 0. The normalized spacial score (nSPS) is 11.4. The molecular formula is C36H24N4S. The number of thiazole rings is 1. The van der Waals surface area contributed by atoms with Gasteiger partial charge in [0.1, 0.15) is 15.4 Å². The van der Waals surface area contributed by atoms with Gasteiger partial charge in [0, 0.05) is 45.3 Å². The molecule has 0 spiro atoms. The average Bonchev–Trinajstić information content (AvgIpc) is 3.62. The van der Waals surface area contributed by atoms with Gasteiger partial charge in [-0.2, -0.15) is 0 Å². The molecule has 5 aromatic carbocycles. The number of fused-ring (bicyclic) bond motifs is 4. The summed E-state index contributed by atoms with van der Waals surface area (Å²) in [6.45, 7) is 0. The zero-order chi connectivity index (χ0) is 27.2. The summed E-state index contributed by atoms with van der Waals surface area (Å²) in [5, 5.41) is 3.43. The van der Waals surface area contributed by atoms with Crippen LogP contribution in [0.25, 0.3) is 48.4 Å². The second-order valence-corrected chi connectivity index (χ2v) is 10.9. The van der Waals surface area contributed by atoms with Crippen molar-refractivity contribution in [1.29, 1.82) is 0 Å². The first kappa shape index (κ1) is 23.6. The molecule has 0 bridgehead atoms. The highest BCUT2D eigenvalue weighted by Crippen LogP contribution is 2.39. The molecule has 0 saturated carbocycles. The van der Waals surface area contributed by atoms with Gasteiger partial charge in [-0.3, -0.25) is 0 Å². The molecule has 0 radical (unpaired) electrons. The number of hydrogen-bond donors (Lipinski definition) is 0. The number of nitrogens with zero attached hydrogens (tertiary/aromatic N) is 4. The predicted octanol–water partition coefficient (Wildman–Crippen LogP) is 9.93. The maximum absolute atomic E-state index is 4.80. The monoisotopic (exact) mass is 544 g/mol. The SMILES string of the molecule is c1ccc(N(c2ccccc2)c2ccc3c(c2)c2ccccc2n3-c2ccc(-c3nc4cccnc4s3)cc2)cc1. The predicted molar refractivity (Wildman–Crippen MR) is 172 cm³/mol. The van der Waals surface area contributed by atoms with Gasteiger partial charge in [-0.1, -0.05) is 65.9 Å². The summed E-state index contributed by atoms with van der Waals surface area (Å²) in [6, 6.07) is 49.2. The van der Waals surface area contributed by atoms with Gasteiger partial charge in [0.2, 0.25) is 0 Å². The van der Waals surface area contributed by atoms with Crippen LogP contribution in [0.5, 0.6) is 0 Å². The van der Waals surface area contributed by atoms with E-state index in [-0.39, 0.29) is 0 Å². The van der Waals surface area contributed by atoms with Crippen molar-refractivity contribution in [2.24, 2.45) is 0 Å². The van der Waals surface area contributed by atoms with Gasteiger partial charge in [-0.25, -0.2) is 9.97 Å². The third-order valence-electron chi connectivity index (χ3n) is 7.48. The van der Waals surface area contributed by atoms with E-state index in [0.717, 1.165) is 43.7 Å². The van der Waals surface area contributed by atoms with Crippen molar-refractivity contribution in [3.05, 3.63) is 146 Å². The molecule has 0 fully saturated rings. The first-order valence-corrected chi connectivity index (χ1v) is 14.4. The second kappa shape index (κ2) is 9.73. The van der Waals surface area contributed by atoms with Crippen LogP contribution in [-0.4, -0.2) is 14.5 Å². The Bertz CT molecular complexity index is 2070. The molecule has 0 atom stereocenters. The lowest BCUT2D eigenvalue weighted by Crippen LogP contribution is -2.09. The smallest absolute Gasteiger partial charge is 0.143 e. The number of rotatable bonds is 5. The zero-order valence-corrected chi connectivity index (χ0v) is 22.9. The number of benzene rings is 5. The maximum atomic E-state index is 4.80. The summed E-state index contributed by atoms with van der Waals surface area (Å²) in [6.07, 6.45) is 1.82. The Hall–Kier alpha value is -5.26. The summed E-state index contributed by atoms with van der Waals surface area (Å²) in [4.78, 5) is 12.5. The molecule has 0 N–H and O–H groups in total. The van der Waals surface area contributed by atoms with Crippen LogP contribution in [0.15, 0.2) is 146 Å². The van der Waals surface area contributed by atoms with Crippen LogP contribution < -0.4 is 4.90 Å². The van der Waals surface area contributed by atoms with Crippen LogP contribution in [0.1, 0.15) is 0 Å². The van der Waals surface area contributed by atoms with Gasteiger partial charge in [0.05, 0.1) is 11.0 Å². The maximum Gasteiger partial charge on any atom is 0.143 e. The summed E-state index contributed by atoms with van der Waals surface area (Å²) >= 11 is 1.63. The number of aromatic nitrogens is 3. The third-order valence-corrected chi connectivity index (χ3v) is 8.51. The lowest BCUT2D eigenvalue weighted by molar-refractivity contribution is 1.18. The van der Waals surface area contributed by atoms with Crippen LogP contribution >= 0.6 is 11.3 Å². The van der Waals surface area contributed by atoms with E-state index in [1.54, 1.807) is 11.3 Å². The van der Waals surface area contributed by atoms with Gasteiger partial charge in [-0.15, -0.1) is 0 Å². The highest BCUT2D eigenvalue weighted by molar-refractivity contribution is 7.21. The lowest BCUT2D eigenvalue weighted by atomic mass is 10.1. The van der Waals surface area contributed by atoms with Crippen molar-refractivity contribution in [2.75, 3.05) is 4.90 Å². The number of para-hydroxylation sites is 3. The fourth-order valence-electron chi connectivity index (χ4n) is 5.63. The Labute approximate surface area is 241 Å². The first-order valence-electron chi connectivity index (χ1n) is 13.6. The average molecular weight is 545 g/mol. The van der Waals surface area contributed by atoms with Crippen molar-refractivity contribution in [3.63, 3.8) is 0 Å². The third kappa shape index (κ3) is 4.06. The van der Waals surface area contributed by atoms with Crippen molar-refractivity contribution in [1.82, 2.24) is 14.5 Å². The van der Waals surface area contributed by atoms with E-state index in [2.05, 4.69) is 142 Å². The van der Waals surface area contributed by atoms with E-state index < -0.39 is 0 Å². The molecule has 0 aliphatic rings. The van der Waals surface area contributed by atoms with Crippen LogP contribution in [0.3, 0.4) is 0 Å². The van der Waals surface area contributed by atoms with E-state index in [9.17, 15) is 0 Å². The lowest BCUT2D eigenvalue weighted by Gasteiger charge is -2.25. The minimum absolute atomic E-state index is 0.940. The van der Waals surface area contributed by atoms with Crippen molar-refractivity contribution < 1.29 is 0 Å². The van der Waals surface area contributed by atoms with Crippen LogP contribution in [0.2, 0.25) is 0 Å². The summed E-state index contributed by atoms with van der Waals surface area (Å²) in [5.41, 5.74) is 8.89. The van der Waals surface area contributed by atoms with Crippen molar-refractivity contribution >= 4 is 60.6 Å². The Kier molecular flexibility index (Phi) is 5.61. The highest BCUT2D eigenvalue weighted by atomic mass is 32.1. The second-order valence-electron chi connectivity index (χ2n) is 9.95. The molecular weight excluding hydrogens is 520 g/mol. The Balaban J connectivity index is 1.27. The fourth-order valence-corrected chi connectivity index (χ4v) is 6.54. The molecule has 0 saturated heterocycles. The Morgan fingerprint density at radius 3 is 1.98 bits per heavy atom. The van der Waals surface area contributed by atoms with E-state index >= 15 is 0 Å². The topological polar surface area (TPSA) is 34.0 Å². The Morgan fingerprint density at radius 2 is 1.24 bits per heavy atom. The standard InChI is InChI=1S/C36H24N4S/c1-3-10-26(11-4-1)39(27-12-5-2-6-13-27)29-21-22-34-31(24-29)30-14-7-8-16-33(30)40(34)28-19-17-25(18-20-28)35-38-32-15-9-23-37-36(32)41-35/h1-24H. The molecule has 0 unspecified atom stereocenters. The Morgan fingerprint density at radius 1 is 0.561 bits per heavy atom. The molecule has 8 aromatic rings. The van der Waals surface area contributed by atoms with Gasteiger partial charge in [0.15, 0.2) is 0 Å². The minimum atomic E-state index is 0.940. The van der Waals surface area contributed by atoms with Crippen LogP contribution in [-0.2, 0) is 0 Å². The van der Waals surface area contributed by atoms with E-state index in [4.69, 9.17) is 4.98 Å². The zero-order valence-electron chi connectivity index (χ0n) is 22.1. The summed E-state index contributed by atoms with van der Waals surface area (Å²) < 4.78 is 2.35. The molecule has 0 aliphatic heterocycles. The van der Waals surface area contributed by atoms with Crippen LogP contribution in [0.4, 0.5) is 17.1 Å². The largest absolute Gasteiger partial charge is 0.310 e. The quantitative estimate of drug-likeness (QED) is 0.216. The van der Waals surface area contributed by atoms with Gasteiger partial charge < -0.3 is 9.47 Å². The van der Waals surface area contributed by atoms with Gasteiger partial charge in [-0.05, 0) is 84.9 Å². The van der Waals surface area contributed by atoms with Gasteiger partial charge in [0.25, 0.3) is 0 Å². The van der Waals surface area contributed by atoms with E-state index in [0.29, 0.717) is 0 Å². The van der Waals surface area contributed by atoms with Crippen LogP contribution in [0, 0.1) is 0 Å². The fraction of sp³-hybridized carbons (Fsp3) is 0. The first-order chi connectivity index (χ1) is 20.3. The molecule has 4 nitrogen and oxygen atoms in total. The highest BCUT2D eigenvalue weighted by Gasteiger charge is 2.17. The summed E-state index contributed by atoms with van der Waals surface area (Å²) in [5.74, 6) is 0. The van der Waals surface area contributed by atoms with Crippen molar-refractivity contribution in [3.8, 4) is 16.3 Å².